The van der Waals surface area contributed by atoms with Gasteiger partial charge in [0.15, 0.2) is 0 Å². The number of carbonyl (C=O) groups is 1. The summed E-state index contributed by atoms with van der Waals surface area (Å²) in [7, 11) is 1.37. The molecule has 0 aliphatic carbocycles. The van der Waals surface area contributed by atoms with Gasteiger partial charge >= 0.3 is 5.97 Å². The molecule has 27 heavy (non-hydrogen) atoms. The number of aryl methyl sites for hydroxylation is 1. The fraction of sp³-hybridized carbons (Fsp3) is 0.190. The number of hydrogen-bond acceptors (Lipinski definition) is 4. The van der Waals surface area contributed by atoms with Crippen LogP contribution in [0.4, 0.5) is 0 Å². The summed E-state index contributed by atoms with van der Waals surface area (Å²) in [5, 5.41) is 14.1. The summed E-state index contributed by atoms with van der Waals surface area (Å²) < 4.78 is 6.73. The Morgan fingerprint density at radius 2 is 2.00 bits per heavy atom. The average Bonchev–Trinajstić information content (AvgIpc) is 2.94. The quantitative estimate of drug-likeness (QED) is 0.624. The third kappa shape index (κ3) is 3.57. The lowest BCUT2D eigenvalue weighted by atomic mass is 10.0. The molecule has 3 rings (SSSR count). The van der Waals surface area contributed by atoms with E-state index in [1.165, 1.54) is 7.11 Å². The molecule has 3 aromatic rings. The molecule has 0 atom stereocenters. The monoisotopic (exact) mass is 379 g/mol. The Labute approximate surface area is 162 Å². The van der Waals surface area contributed by atoms with Crippen molar-refractivity contribution in [2.45, 2.75) is 20.4 Å². The van der Waals surface area contributed by atoms with Gasteiger partial charge in [-0.1, -0.05) is 35.9 Å². The van der Waals surface area contributed by atoms with E-state index < -0.39 is 0 Å². The Hall–Kier alpha value is -3.10. The number of halogens is 1. The maximum absolute atomic E-state index is 12.0. The minimum Gasteiger partial charge on any atom is -0.465 e. The first-order valence-corrected chi connectivity index (χ1v) is 8.74. The summed E-state index contributed by atoms with van der Waals surface area (Å²) in [4.78, 5) is 12.0. The van der Waals surface area contributed by atoms with Gasteiger partial charge in [-0.15, -0.1) is 0 Å². The molecular weight excluding hydrogens is 362 g/mol. The molecule has 0 bridgehead atoms. The first kappa shape index (κ1) is 18.7. The normalized spacial score (nSPS) is 10.5. The van der Waals surface area contributed by atoms with Crippen LogP contribution in [-0.2, 0) is 11.3 Å². The van der Waals surface area contributed by atoms with Crippen molar-refractivity contribution in [3.05, 3.63) is 75.6 Å². The number of nitrogens with zero attached hydrogens (tertiary/aromatic N) is 3. The molecule has 0 unspecified atom stereocenters. The molecule has 2 aromatic carbocycles. The van der Waals surface area contributed by atoms with E-state index in [1.807, 2.05) is 36.7 Å². The number of nitriles is 1. The number of methoxy groups -OCH3 is 1. The Balaban J connectivity index is 2.02. The lowest BCUT2D eigenvalue weighted by molar-refractivity contribution is 0.0599. The van der Waals surface area contributed by atoms with E-state index >= 15 is 0 Å². The first-order valence-electron chi connectivity index (χ1n) is 8.36. The number of benzene rings is 2. The summed E-state index contributed by atoms with van der Waals surface area (Å²) in [5.41, 5.74) is 5.47. The van der Waals surface area contributed by atoms with Crippen molar-refractivity contribution in [2.24, 2.45) is 0 Å². The summed E-state index contributed by atoms with van der Waals surface area (Å²) in [6.07, 6.45) is 0. The topological polar surface area (TPSA) is 67.9 Å². The van der Waals surface area contributed by atoms with Crippen molar-refractivity contribution in [2.75, 3.05) is 7.11 Å². The second-order valence-corrected chi connectivity index (χ2v) is 6.57. The fourth-order valence-electron chi connectivity index (χ4n) is 3.16. The Morgan fingerprint density at radius 1 is 1.26 bits per heavy atom. The van der Waals surface area contributed by atoms with Gasteiger partial charge in [0.25, 0.3) is 0 Å². The number of aromatic nitrogens is 2. The first-order chi connectivity index (χ1) is 13.0. The molecule has 0 radical (unpaired) electrons. The maximum Gasteiger partial charge on any atom is 0.338 e. The zero-order chi connectivity index (χ0) is 19.6. The SMILES string of the molecule is COC(=O)c1ccccc1Cn1nc(C)c(-c2ccc(C#N)c(Cl)c2)c1C. The minimum absolute atomic E-state index is 0.369. The van der Waals surface area contributed by atoms with Crippen LogP contribution in [0, 0.1) is 25.2 Å². The van der Waals surface area contributed by atoms with Gasteiger partial charge in [-0.25, -0.2) is 4.79 Å². The zero-order valence-electron chi connectivity index (χ0n) is 15.3. The molecule has 0 aliphatic heterocycles. The number of esters is 1. The summed E-state index contributed by atoms with van der Waals surface area (Å²) in [5.74, 6) is -0.369. The van der Waals surface area contributed by atoms with Crippen molar-refractivity contribution in [3.8, 4) is 17.2 Å². The average molecular weight is 380 g/mol. The summed E-state index contributed by atoms with van der Waals surface area (Å²) >= 11 is 6.19. The lowest BCUT2D eigenvalue weighted by Gasteiger charge is -2.10. The zero-order valence-corrected chi connectivity index (χ0v) is 16.0. The highest BCUT2D eigenvalue weighted by atomic mass is 35.5. The predicted octanol–water partition coefficient (Wildman–Crippen LogP) is 4.53. The van der Waals surface area contributed by atoms with Crippen LogP contribution in [-0.4, -0.2) is 22.9 Å². The highest BCUT2D eigenvalue weighted by Crippen LogP contribution is 2.30. The van der Waals surface area contributed by atoms with Gasteiger partial charge in [0.2, 0.25) is 0 Å². The van der Waals surface area contributed by atoms with Crippen LogP contribution in [0.2, 0.25) is 5.02 Å². The van der Waals surface area contributed by atoms with Crippen molar-refractivity contribution in [1.29, 1.82) is 5.26 Å². The third-order valence-corrected chi connectivity index (χ3v) is 4.82. The molecule has 0 spiro atoms. The van der Waals surface area contributed by atoms with Gasteiger partial charge in [-0.05, 0) is 43.2 Å². The molecule has 5 nitrogen and oxygen atoms in total. The molecule has 0 fully saturated rings. The summed E-state index contributed by atoms with van der Waals surface area (Å²) in [6.45, 7) is 4.35. The van der Waals surface area contributed by atoms with Crippen LogP contribution in [0.25, 0.3) is 11.1 Å². The largest absolute Gasteiger partial charge is 0.465 e. The molecule has 1 aromatic heterocycles. The third-order valence-electron chi connectivity index (χ3n) is 4.50. The van der Waals surface area contributed by atoms with Crippen LogP contribution in [0.5, 0.6) is 0 Å². The van der Waals surface area contributed by atoms with E-state index in [2.05, 4.69) is 11.2 Å². The standard InChI is InChI=1S/C21H18ClN3O2/c1-13-20(15-8-9-16(11-23)19(22)10-15)14(2)25(24-13)12-17-6-4-5-7-18(17)21(26)27-3/h4-10H,12H2,1-3H3. The van der Waals surface area contributed by atoms with E-state index in [9.17, 15) is 4.79 Å². The van der Waals surface area contributed by atoms with Crippen LogP contribution in [0.15, 0.2) is 42.5 Å². The lowest BCUT2D eigenvalue weighted by Crippen LogP contribution is -2.10. The van der Waals surface area contributed by atoms with Gasteiger partial charge in [0.05, 0.1) is 35.5 Å². The van der Waals surface area contributed by atoms with Gasteiger partial charge in [-0.3, -0.25) is 4.68 Å². The van der Waals surface area contributed by atoms with Crippen molar-refractivity contribution in [3.63, 3.8) is 0 Å². The molecule has 136 valence electrons. The van der Waals surface area contributed by atoms with E-state index in [0.717, 1.165) is 28.1 Å². The second kappa shape index (κ2) is 7.65. The van der Waals surface area contributed by atoms with E-state index in [-0.39, 0.29) is 5.97 Å². The van der Waals surface area contributed by atoms with Gasteiger partial charge < -0.3 is 4.74 Å². The number of rotatable bonds is 4. The molecular formula is C21H18ClN3O2. The predicted molar refractivity (Wildman–Crippen MR) is 104 cm³/mol. The van der Waals surface area contributed by atoms with Gasteiger partial charge in [0, 0.05) is 11.3 Å². The molecule has 1 heterocycles. The maximum atomic E-state index is 12.0. The Bertz CT molecular complexity index is 1060. The highest BCUT2D eigenvalue weighted by molar-refractivity contribution is 6.32. The molecule has 0 aliphatic rings. The van der Waals surface area contributed by atoms with Crippen LogP contribution < -0.4 is 0 Å². The minimum atomic E-state index is -0.369. The fourth-order valence-corrected chi connectivity index (χ4v) is 3.38. The molecule has 0 saturated heterocycles. The number of ether oxygens (including phenoxy) is 1. The van der Waals surface area contributed by atoms with E-state index in [4.69, 9.17) is 21.6 Å². The Kier molecular flexibility index (Phi) is 5.29. The number of hydrogen-bond donors (Lipinski definition) is 0. The van der Waals surface area contributed by atoms with Crippen molar-refractivity contribution in [1.82, 2.24) is 9.78 Å². The van der Waals surface area contributed by atoms with Crippen LogP contribution >= 0.6 is 11.6 Å². The Morgan fingerprint density at radius 3 is 2.67 bits per heavy atom. The highest BCUT2D eigenvalue weighted by Gasteiger charge is 2.17. The van der Waals surface area contributed by atoms with Crippen LogP contribution in [0.1, 0.15) is 32.9 Å². The van der Waals surface area contributed by atoms with Gasteiger partial charge in [0.1, 0.15) is 6.07 Å². The van der Waals surface area contributed by atoms with Gasteiger partial charge in [-0.2, -0.15) is 10.4 Å². The van der Waals surface area contributed by atoms with E-state index in [0.29, 0.717) is 22.7 Å². The van der Waals surface area contributed by atoms with E-state index in [1.54, 1.807) is 24.3 Å². The molecule has 6 heteroatoms. The van der Waals surface area contributed by atoms with Crippen molar-refractivity contribution >= 4 is 17.6 Å². The second-order valence-electron chi connectivity index (χ2n) is 6.16. The molecule has 0 saturated carbocycles. The molecule has 0 N–H and O–H groups in total. The van der Waals surface area contributed by atoms with Crippen LogP contribution in [0.3, 0.4) is 0 Å². The van der Waals surface area contributed by atoms with Crippen molar-refractivity contribution < 1.29 is 9.53 Å². The summed E-state index contributed by atoms with van der Waals surface area (Å²) in [6, 6.07) is 14.8. The molecule has 0 amide bonds. The number of carbonyl (C=O) groups excluding carboxylic acids is 1. The smallest absolute Gasteiger partial charge is 0.338 e.